The average molecular weight is 246 g/mol. The lowest BCUT2D eigenvalue weighted by Gasteiger charge is -2.19. The Morgan fingerprint density at radius 2 is 2.17 bits per heavy atom. The molecular weight excluding hydrogens is 232 g/mol. The monoisotopic (exact) mass is 246 g/mol. The predicted octanol–water partition coefficient (Wildman–Crippen LogP) is 1.19. The third-order valence-corrected chi connectivity index (χ3v) is 2.46. The number of hydrogen-bond donors (Lipinski definition) is 0. The standard InChI is InChI=1S/C13H14N2O3/c1-3-15(9-12(16)18-2)13(17)11-6-4-5-10(7-11)8-14/h4-7H,3,9H2,1-2H3. The van der Waals surface area contributed by atoms with Crippen molar-refractivity contribution in [3.05, 3.63) is 35.4 Å². The second-order valence-electron chi connectivity index (χ2n) is 3.59. The second kappa shape index (κ2) is 6.40. The fraction of sp³-hybridized carbons (Fsp3) is 0.308. The summed E-state index contributed by atoms with van der Waals surface area (Å²) in [5.41, 5.74) is 0.801. The number of hydrogen-bond acceptors (Lipinski definition) is 4. The summed E-state index contributed by atoms with van der Waals surface area (Å²) in [5, 5.41) is 8.77. The number of carbonyl (C=O) groups is 2. The van der Waals surface area contributed by atoms with E-state index in [1.165, 1.54) is 18.1 Å². The van der Waals surface area contributed by atoms with Crippen molar-refractivity contribution >= 4 is 11.9 Å². The number of nitrogens with zero attached hydrogens (tertiary/aromatic N) is 2. The van der Waals surface area contributed by atoms with Crippen LogP contribution in [0.3, 0.4) is 0 Å². The van der Waals surface area contributed by atoms with E-state index in [0.29, 0.717) is 17.7 Å². The number of likely N-dealkylation sites (N-methyl/N-ethyl adjacent to an activating group) is 1. The first-order chi connectivity index (χ1) is 8.62. The number of amides is 1. The van der Waals surface area contributed by atoms with Gasteiger partial charge < -0.3 is 9.64 Å². The highest BCUT2D eigenvalue weighted by molar-refractivity contribution is 5.96. The fourth-order valence-corrected chi connectivity index (χ4v) is 1.45. The van der Waals surface area contributed by atoms with Crippen molar-refractivity contribution in [2.45, 2.75) is 6.92 Å². The van der Waals surface area contributed by atoms with Crippen LogP contribution < -0.4 is 0 Å². The van der Waals surface area contributed by atoms with Gasteiger partial charge in [0, 0.05) is 12.1 Å². The number of rotatable bonds is 4. The zero-order valence-electron chi connectivity index (χ0n) is 10.3. The van der Waals surface area contributed by atoms with Crippen LogP contribution in [-0.2, 0) is 9.53 Å². The van der Waals surface area contributed by atoms with Crippen LogP contribution in [0.15, 0.2) is 24.3 Å². The van der Waals surface area contributed by atoms with E-state index >= 15 is 0 Å². The molecule has 0 spiro atoms. The first-order valence-corrected chi connectivity index (χ1v) is 5.48. The summed E-state index contributed by atoms with van der Waals surface area (Å²) in [6.07, 6.45) is 0. The molecule has 1 amide bonds. The number of methoxy groups -OCH3 is 1. The Kier molecular flexibility index (Phi) is 4.88. The quantitative estimate of drug-likeness (QED) is 0.748. The molecular formula is C13H14N2O3. The van der Waals surface area contributed by atoms with Crippen molar-refractivity contribution in [2.24, 2.45) is 0 Å². The molecule has 0 aliphatic carbocycles. The number of carbonyl (C=O) groups excluding carboxylic acids is 2. The van der Waals surface area contributed by atoms with Gasteiger partial charge in [-0.05, 0) is 25.1 Å². The Hall–Kier alpha value is -2.35. The van der Waals surface area contributed by atoms with Gasteiger partial charge in [0.05, 0.1) is 18.7 Å². The third-order valence-electron chi connectivity index (χ3n) is 2.46. The molecule has 0 radical (unpaired) electrons. The molecule has 0 aliphatic heterocycles. The van der Waals surface area contributed by atoms with Crippen molar-refractivity contribution < 1.29 is 14.3 Å². The van der Waals surface area contributed by atoms with Crippen LogP contribution in [0.25, 0.3) is 0 Å². The molecule has 0 saturated carbocycles. The molecule has 0 saturated heterocycles. The zero-order chi connectivity index (χ0) is 13.5. The first kappa shape index (κ1) is 13.7. The van der Waals surface area contributed by atoms with E-state index in [1.54, 1.807) is 25.1 Å². The van der Waals surface area contributed by atoms with Gasteiger partial charge in [0.15, 0.2) is 0 Å². The van der Waals surface area contributed by atoms with Gasteiger partial charge in [-0.1, -0.05) is 6.07 Å². The van der Waals surface area contributed by atoms with Crippen LogP contribution in [0, 0.1) is 11.3 Å². The maximum absolute atomic E-state index is 12.1. The Labute approximate surface area is 106 Å². The van der Waals surface area contributed by atoms with Gasteiger partial charge in [0.1, 0.15) is 6.54 Å². The lowest BCUT2D eigenvalue weighted by molar-refractivity contribution is -0.141. The molecule has 0 atom stereocenters. The molecule has 0 N–H and O–H groups in total. The molecule has 1 aromatic carbocycles. The molecule has 1 aromatic rings. The van der Waals surface area contributed by atoms with E-state index < -0.39 is 5.97 Å². The molecule has 5 heteroatoms. The molecule has 1 rings (SSSR count). The summed E-state index contributed by atoms with van der Waals surface area (Å²) < 4.78 is 4.53. The molecule has 0 aromatic heterocycles. The van der Waals surface area contributed by atoms with E-state index in [2.05, 4.69) is 4.74 Å². The van der Waals surface area contributed by atoms with Gasteiger partial charge in [0.25, 0.3) is 5.91 Å². The van der Waals surface area contributed by atoms with Gasteiger partial charge >= 0.3 is 5.97 Å². The van der Waals surface area contributed by atoms with Gasteiger partial charge in [-0.2, -0.15) is 5.26 Å². The van der Waals surface area contributed by atoms with Gasteiger partial charge in [0.2, 0.25) is 0 Å². The summed E-state index contributed by atoms with van der Waals surface area (Å²) in [4.78, 5) is 24.6. The molecule has 94 valence electrons. The van der Waals surface area contributed by atoms with Crippen molar-refractivity contribution in [1.29, 1.82) is 5.26 Å². The van der Waals surface area contributed by atoms with Crippen LogP contribution in [0.5, 0.6) is 0 Å². The van der Waals surface area contributed by atoms with E-state index in [9.17, 15) is 9.59 Å². The lowest BCUT2D eigenvalue weighted by Crippen LogP contribution is -2.36. The highest BCUT2D eigenvalue weighted by Gasteiger charge is 2.17. The molecule has 0 bridgehead atoms. The maximum atomic E-state index is 12.1. The summed E-state index contributed by atoms with van der Waals surface area (Å²) in [6.45, 7) is 2.07. The summed E-state index contributed by atoms with van der Waals surface area (Å²) in [5.74, 6) is -0.762. The van der Waals surface area contributed by atoms with Crippen molar-refractivity contribution in [1.82, 2.24) is 4.90 Å². The van der Waals surface area contributed by atoms with Crippen LogP contribution in [0.4, 0.5) is 0 Å². The molecule has 0 aliphatic rings. The minimum absolute atomic E-state index is 0.0946. The van der Waals surface area contributed by atoms with E-state index in [0.717, 1.165) is 0 Å². The van der Waals surface area contributed by atoms with Gasteiger partial charge in [-0.25, -0.2) is 0 Å². The fourth-order valence-electron chi connectivity index (χ4n) is 1.45. The topological polar surface area (TPSA) is 70.4 Å². The second-order valence-corrected chi connectivity index (χ2v) is 3.59. The molecule has 18 heavy (non-hydrogen) atoms. The molecule has 5 nitrogen and oxygen atoms in total. The van der Waals surface area contributed by atoms with Crippen LogP contribution in [0.1, 0.15) is 22.8 Å². The van der Waals surface area contributed by atoms with Crippen molar-refractivity contribution in [3.8, 4) is 6.07 Å². The maximum Gasteiger partial charge on any atom is 0.325 e. The number of ether oxygens (including phenoxy) is 1. The minimum atomic E-state index is -0.471. The highest BCUT2D eigenvalue weighted by Crippen LogP contribution is 2.08. The van der Waals surface area contributed by atoms with E-state index in [4.69, 9.17) is 5.26 Å². The predicted molar refractivity (Wildman–Crippen MR) is 64.8 cm³/mol. The lowest BCUT2D eigenvalue weighted by atomic mass is 10.1. The van der Waals surface area contributed by atoms with Crippen molar-refractivity contribution in [2.75, 3.05) is 20.2 Å². The Bertz CT molecular complexity index is 491. The normalized spacial score (nSPS) is 9.39. The number of nitriles is 1. The molecule has 0 fully saturated rings. The highest BCUT2D eigenvalue weighted by atomic mass is 16.5. The third kappa shape index (κ3) is 3.32. The first-order valence-electron chi connectivity index (χ1n) is 5.48. The largest absolute Gasteiger partial charge is 0.468 e. The van der Waals surface area contributed by atoms with Gasteiger partial charge in [-0.15, -0.1) is 0 Å². The van der Waals surface area contributed by atoms with Crippen molar-refractivity contribution in [3.63, 3.8) is 0 Å². The zero-order valence-corrected chi connectivity index (χ0v) is 10.3. The SMILES string of the molecule is CCN(CC(=O)OC)C(=O)c1cccc(C#N)c1. The minimum Gasteiger partial charge on any atom is -0.468 e. The van der Waals surface area contributed by atoms with Gasteiger partial charge in [-0.3, -0.25) is 9.59 Å². The Morgan fingerprint density at radius 1 is 1.44 bits per heavy atom. The smallest absolute Gasteiger partial charge is 0.325 e. The van der Waals surface area contributed by atoms with Crippen LogP contribution in [-0.4, -0.2) is 37.0 Å². The average Bonchev–Trinajstić information content (AvgIpc) is 2.43. The van der Waals surface area contributed by atoms with E-state index in [1.807, 2.05) is 6.07 Å². The Morgan fingerprint density at radius 3 is 2.72 bits per heavy atom. The molecule has 0 unspecified atom stereocenters. The number of benzene rings is 1. The summed E-state index contributed by atoms with van der Waals surface area (Å²) in [7, 11) is 1.27. The van der Waals surface area contributed by atoms with E-state index in [-0.39, 0.29) is 12.5 Å². The number of esters is 1. The van der Waals surface area contributed by atoms with Crippen LogP contribution in [0.2, 0.25) is 0 Å². The summed E-state index contributed by atoms with van der Waals surface area (Å²) in [6, 6.07) is 8.34. The molecule has 0 heterocycles. The Balaban J connectivity index is 2.89. The van der Waals surface area contributed by atoms with Crippen LogP contribution >= 0.6 is 0 Å². The summed E-state index contributed by atoms with van der Waals surface area (Å²) >= 11 is 0.